The van der Waals surface area contributed by atoms with Crippen LogP contribution in [0.2, 0.25) is 0 Å². The fourth-order valence-electron chi connectivity index (χ4n) is 1.98. The zero-order valence-electron chi connectivity index (χ0n) is 10.6. The highest BCUT2D eigenvalue weighted by molar-refractivity contribution is 7.99. The first-order chi connectivity index (χ1) is 9.36. The molecule has 1 aliphatic heterocycles. The number of ether oxygens (including phenoxy) is 1. The predicted octanol–water partition coefficient (Wildman–Crippen LogP) is 2.36. The Bertz CT molecular complexity index is 552. The van der Waals surface area contributed by atoms with Gasteiger partial charge in [-0.3, -0.25) is 5.32 Å². The highest BCUT2D eigenvalue weighted by atomic mass is 32.2. The second kappa shape index (κ2) is 6.09. The van der Waals surface area contributed by atoms with Crippen LogP contribution in [0.15, 0.2) is 18.2 Å². The average Bonchev–Trinajstić information content (AvgIpc) is 3.07. The molecular weight excluding hydrogens is 278 g/mol. The number of thiazole rings is 1. The van der Waals surface area contributed by atoms with E-state index in [1.165, 1.54) is 4.70 Å². The van der Waals surface area contributed by atoms with E-state index in [0.717, 1.165) is 35.0 Å². The summed E-state index contributed by atoms with van der Waals surface area (Å²) in [5, 5.41) is 4.98. The minimum atomic E-state index is 0.360. The first kappa shape index (κ1) is 13.2. The summed E-state index contributed by atoms with van der Waals surface area (Å²) in [4.78, 5) is 4.69. The van der Waals surface area contributed by atoms with Crippen LogP contribution in [-0.2, 0) is 0 Å². The molecule has 0 bridgehead atoms. The van der Waals surface area contributed by atoms with Crippen LogP contribution in [0.4, 0.5) is 0 Å². The number of rotatable bonds is 5. The zero-order chi connectivity index (χ0) is 13.1. The largest absolute Gasteiger partial charge is 0.493 e. The van der Waals surface area contributed by atoms with Gasteiger partial charge in [-0.25, -0.2) is 4.98 Å². The number of fused-ring (bicyclic) bond motifs is 1. The Kier molecular flexibility index (Phi) is 4.22. The molecule has 3 rings (SSSR count). The highest BCUT2D eigenvalue weighted by Gasteiger charge is 2.20. The molecule has 1 unspecified atom stereocenters. The van der Waals surface area contributed by atoms with Crippen molar-refractivity contribution in [3.8, 4) is 5.75 Å². The van der Waals surface area contributed by atoms with Gasteiger partial charge < -0.3 is 10.5 Å². The van der Waals surface area contributed by atoms with Crippen molar-refractivity contribution in [2.24, 2.45) is 5.73 Å². The van der Waals surface area contributed by atoms with Crippen molar-refractivity contribution in [1.82, 2.24) is 10.3 Å². The lowest BCUT2D eigenvalue weighted by atomic mass is 10.3. The number of hydrogen-bond donors (Lipinski definition) is 2. The maximum absolute atomic E-state index is 5.67. The van der Waals surface area contributed by atoms with Crippen LogP contribution in [0.5, 0.6) is 5.75 Å². The Morgan fingerprint density at radius 1 is 1.47 bits per heavy atom. The van der Waals surface area contributed by atoms with Crippen molar-refractivity contribution in [3.63, 3.8) is 0 Å². The van der Waals surface area contributed by atoms with Crippen molar-refractivity contribution in [2.75, 3.05) is 25.4 Å². The highest BCUT2D eigenvalue weighted by Crippen LogP contribution is 2.36. The normalized spacial score (nSPS) is 19.1. The maximum Gasteiger partial charge on any atom is 0.121 e. The number of nitrogens with zero attached hydrogens (tertiary/aromatic N) is 1. The monoisotopic (exact) mass is 295 g/mol. The van der Waals surface area contributed by atoms with E-state index in [9.17, 15) is 0 Å². The smallest absolute Gasteiger partial charge is 0.121 e. The van der Waals surface area contributed by atoms with E-state index in [0.29, 0.717) is 18.5 Å². The van der Waals surface area contributed by atoms with Crippen LogP contribution >= 0.6 is 23.1 Å². The Labute approximate surface area is 120 Å². The van der Waals surface area contributed by atoms with Crippen LogP contribution in [0.1, 0.15) is 16.8 Å². The molecule has 0 radical (unpaired) electrons. The zero-order valence-corrected chi connectivity index (χ0v) is 12.2. The molecule has 1 aromatic carbocycles. The summed E-state index contributed by atoms with van der Waals surface area (Å²) in [5.41, 5.74) is 6.52. The molecule has 3 N–H and O–H groups in total. The molecule has 1 fully saturated rings. The summed E-state index contributed by atoms with van der Waals surface area (Å²) < 4.78 is 6.86. The van der Waals surface area contributed by atoms with Gasteiger partial charge in [0.25, 0.3) is 0 Å². The van der Waals surface area contributed by atoms with E-state index in [2.05, 4.69) is 11.4 Å². The topological polar surface area (TPSA) is 60.2 Å². The van der Waals surface area contributed by atoms with E-state index in [1.807, 2.05) is 23.9 Å². The van der Waals surface area contributed by atoms with Crippen molar-refractivity contribution in [2.45, 2.75) is 11.8 Å². The second-order valence-electron chi connectivity index (χ2n) is 4.38. The van der Waals surface area contributed by atoms with Gasteiger partial charge in [0, 0.05) is 12.3 Å². The molecule has 1 aliphatic rings. The number of nitrogens with one attached hydrogen (secondary N) is 1. The maximum atomic E-state index is 5.67. The molecule has 6 heteroatoms. The predicted molar refractivity (Wildman–Crippen MR) is 82.0 cm³/mol. The molecule has 2 heterocycles. The van der Waals surface area contributed by atoms with E-state index >= 15 is 0 Å². The third-order valence-corrected chi connectivity index (χ3v) is 5.33. The van der Waals surface area contributed by atoms with E-state index in [1.54, 1.807) is 11.3 Å². The van der Waals surface area contributed by atoms with Crippen LogP contribution < -0.4 is 15.8 Å². The lowest BCUT2D eigenvalue weighted by molar-refractivity contribution is 0.314. The lowest BCUT2D eigenvalue weighted by Gasteiger charge is -2.04. The fourth-order valence-corrected chi connectivity index (χ4v) is 4.19. The molecule has 4 nitrogen and oxygen atoms in total. The van der Waals surface area contributed by atoms with Gasteiger partial charge >= 0.3 is 0 Å². The van der Waals surface area contributed by atoms with Crippen LogP contribution in [0.3, 0.4) is 0 Å². The molecule has 19 heavy (non-hydrogen) atoms. The third kappa shape index (κ3) is 3.02. The van der Waals surface area contributed by atoms with Crippen molar-refractivity contribution < 1.29 is 4.74 Å². The molecular formula is C13H17N3OS2. The summed E-state index contributed by atoms with van der Waals surface area (Å²) in [6.45, 7) is 2.41. The van der Waals surface area contributed by atoms with Gasteiger partial charge in [0.05, 0.1) is 16.8 Å². The number of thioether (sulfide) groups is 1. The van der Waals surface area contributed by atoms with Gasteiger partial charge in [0.2, 0.25) is 0 Å². The standard InChI is InChI=1S/C13H17N3OS2/c14-4-1-6-17-9-2-3-10-11(8-9)19-13(16-10)12-15-5-7-18-12/h2-3,8,12,15H,1,4-7,14H2. The number of hydrogen-bond acceptors (Lipinski definition) is 6. The van der Waals surface area contributed by atoms with Gasteiger partial charge in [-0.15, -0.1) is 23.1 Å². The Morgan fingerprint density at radius 3 is 3.21 bits per heavy atom. The minimum Gasteiger partial charge on any atom is -0.493 e. The molecule has 1 atom stereocenters. The number of benzene rings is 1. The molecule has 102 valence electrons. The molecule has 0 saturated carbocycles. The van der Waals surface area contributed by atoms with E-state index in [-0.39, 0.29) is 0 Å². The molecule has 0 aliphatic carbocycles. The molecule has 1 aromatic heterocycles. The molecule has 0 spiro atoms. The van der Waals surface area contributed by atoms with Gasteiger partial charge in [0.1, 0.15) is 16.1 Å². The van der Waals surface area contributed by atoms with Crippen LogP contribution in [0.25, 0.3) is 10.2 Å². The van der Waals surface area contributed by atoms with Gasteiger partial charge in [-0.1, -0.05) is 0 Å². The quantitative estimate of drug-likeness (QED) is 0.829. The fraction of sp³-hybridized carbons (Fsp3) is 0.462. The Morgan fingerprint density at radius 2 is 2.42 bits per heavy atom. The summed E-state index contributed by atoms with van der Waals surface area (Å²) in [5.74, 6) is 2.07. The Hall–Kier alpha value is -0.820. The first-order valence-electron chi connectivity index (χ1n) is 6.45. The van der Waals surface area contributed by atoms with E-state index in [4.69, 9.17) is 15.5 Å². The summed E-state index contributed by atoms with van der Waals surface area (Å²) in [6, 6.07) is 6.09. The van der Waals surface area contributed by atoms with Gasteiger partial charge in [-0.2, -0.15) is 0 Å². The Balaban J connectivity index is 1.78. The average molecular weight is 295 g/mol. The van der Waals surface area contributed by atoms with Gasteiger partial charge in [-0.05, 0) is 31.2 Å². The van der Waals surface area contributed by atoms with Gasteiger partial charge in [0.15, 0.2) is 0 Å². The van der Waals surface area contributed by atoms with E-state index < -0.39 is 0 Å². The van der Waals surface area contributed by atoms with Crippen molar-refractivity contribution in [1.29, 1.82) is 0 Å². The van der Waals surface area contributed by atoms with Crippen LogP contribution in [-0.4, -0.2) is 30.4 Å². The van der Waals surface area contributed by atoms with Crippen LogP contribution in [0, 0.1) is 0 Å². The molecule has 2 aromatic rings. The minimum absolute atomic E-state index is 0.360. The second-order valence-corrected chi connectivity index (χ2v) is 6.65. The molecule has 1 saturated heterocycles. The number of nitrogens with two attached hydrogens (primary N) is 1. The molecule has 0 amide bonds. The third-order valence-electron chi connectivity index (χ3n) is 2.93. The van der Waals surface area contributed by atoms with Crippen molar-refractivity contribution in [3.05, 3.63) is 23.2 Å². The number of aromatic nitrogens is 1. The lowest BCUT2D eigenvalue weighted by Crippen LogP contribution is -2.11. The SMILES string of the molecule is NCCCOc1ccc2nc(C3NCCS3)sc2c1. The summed E-state index contributed by atoms with van der Waals surface area (Å²) in [6.07, 6.45) is 0.884. The summed E-state index contributed by atoms with van der Waals surface area (Å²) >= 11 is 3.67. The van der Waals surface area contributed by atoms with Crippen molar-refractivity contribution >= 4 is 33.3 Å². The first-order valence-corrected chi connectivity index (χ1v) is 8.32. The summed E-state index contributed by atoms with van der Waals surface area (Å²) in [7, 11) is 0.